The highest BCUT2D eigenvalue weighted by atomic mass is 16.5. The first-order valence-corrected chi connectivity index (χ1v) is 8.05. The van der Waals surface area contributed by atoms with Gasteiger partial charge in [0.15, 0.2) is 0 Å². The summed E-state index contributed by atoms with van der Waals surface area (Å²) >= 11 is 0. The molecule has 3 nitrogen and oxygen atoms in total. The normalized spacial score (nSPS) is 17.4. The number of carbonyl (C=O) groups is 1. The molecule has 3 heteroatoms. The van der Waals surface area contributed by atoms with Crippen LogP contribution >= 0.6 is 0 Å². The predicted octanol–water partition coefficient (Wildman–Crippen LogP) is 3.77. The van der Waals surface area contributed by atoms with E-state index < -0.39 is 6.04 Å². The van der Waals surface area contributed by atoms with Gasteiger partial charge in [-0.3, -0.25) is 4.79 Å². The molecule has 1 fully saturated rings. The Bertz CT molecular complexity index is 412. The molecule has 0 aliphatic heterocycles. The Morgan fingerprint density at radius 3 is 2.57 bits per heavy atom. The molecule has 1 unspecified atom stereocenters. The molecule has 1 aromatic carbocycles. The largest absolute Gasteiger partial charge is 0.460 e. The Morgan fingerprint density at radius 2 is 1.86 bits per heavy atom. The van der Waals surface area contributed by atoms with Gasteiger partial charge in [0, 0.05) is 0 Å². The SMILES string of the molecule is NC(CCC[C]1CCCCC1)C(=O)OCc1ccccc1. The lowest BCUT2D eigenvalue weighted by Crippen LogP contribution is -2.32. The zero-order chi connectivity index (χ0) is 14.9. The van der Waals surface area contributed by atoms with Crippen LogP contribution in [0.3, 0.4) is 0 Å². The Labute approximate surface area is 127 Å². The van der Waals surface area contributed by atoms with E-state index in [1.807, 2.05) is 30.3 Å². The first-order chi connectivity index (χ1) is 10.3. The minimum absolute atomic E-state index is 0.285. The smallest absolute Gasteiger partial charge is 0.323 e. The van der Waals surface area contributed by atoms with Crippen LogP contribution in [-0.4, -0.2) is 12.0 Å². The molecule has 1 radical (unpaired) electrons. The van der Waals surface area contributed by atoms with Crippen LogP contribution in [0, 0.1) is 5.92 Å². The zero-order valence-corrected chi connectivity index (χ0v) is 12.7. The zero-order valence-electron chi connectivity index (χ0n) is 12.7. The summed E-state index contributed by atoms with van der Waals surface area (Å²) in [5.74, 6) is 1.37. The maximum absolute atomic E-state index is 11.8. The number of esters is 1. The summed E-state index contributed by atoms with van der Waals surface area (Å²) in [5, 5.41) is 0. The van der Waals surface area contributed by atoms with Crippen molar-refractivity contribution in [2.45, 2.75) is 64.0 Å². The Hall–Kier alpha value is -1.35. The van der Waals surface area contributed by atoms with Gasteiger partial charge in [0.05, 0.1) is 0 Å². The fraction of sp³-hybridized carbons (Fsp3) is 0.556. The summed E-state index contributed by atoms with van der Waals surface area (Å²) in [4.78, 5) is 11.8. The Morgan fingerprint density at radius 1 is 1.14 bits per heavy atom. The summed E-state index contributed by atoms with van der Waals surface area (Å²) in [6.07, 6.45) is 9.42. The van der Waals surface area contributed by atoms with Gasteiger partial charge < -0.3 is 10.5 Å². The highest BCUT2D eigenvalue weighted by Gasteiger charge is 2.17. The molecular weight excluding hydrogens is 262 g/mol. The van der Waals surface area contributed by atoms with Crippen LogP contribution in [0.15, 0.2) is 30.3 Å². The highest BCUT2D eigenvalue weighted by Crippen LogP contribution is 2.29. The number of hydrogen-bond donors (Lipinski definition) is 1. The Balaban J connectivity index is 1.60. The summed E-state index contributed by atoms with van der Waals surface area (Å²) < 4.78 is 5.26. The van der Waals surface area contributed by atoms with Gasteiger partial charge in [-0.15, -0.1) is 0 Å². The molecular formula is C18H26NO2. The number of ether oxygens (including phenoxy) is 1. The first kappa shape index (κ1) is 16.0. The van der Waals surface area contributed by atoms with Gasteiger partial charge in [-0.25, -0.2) is 0 Å². The van der Waals surface area contributed by atoms with Crippen LogP contribution < -0.4 is 5.73 Å². The standard InChI is InChI=1S/C18H26NO2/c19-17(13-7-12-15-8-3-1-4-9-15)18(20)21-14-16-10-5-2-6-11-16/h2,5-6,10-11,17H,1,3-4,7-9,12-14,19H2. The van der Waals surface area contributed by atoms with Crippen LogP contribution in [0.25, 0.3) is 0 Å². The van der Waals surface area contributed by atoms with Gasteiger partial charge in [0.1, 0.15) is 12.6 Å². The van der Waals surface area contributed by atoms with Crippen molar-refractivity contribution < 1.29 is 9.53 Å². The van der Waals surface area contributed by atoms with Crippen LogP contribution in [0.1, 0.15) is 56.9 Å². The van der Waals surface area contributed by atoms with Gasteiger partial charge >= 0.3 is 5.97 Å². The number of carbonyl (C=O) groups excluding carboxylic acids is 1. The van der Waals surface area contributed by atoms with E-state index >= 15 is 0 Å². The van der Waals surface area contributed by atoms with E-state index in [0.29, 0.717) is 6.61 Å². The van der Waals surface area contributed by atoms with Crippen molar-refractivity contribution in [3.63, 3.8) is 0 Å². The Kier molecular flexibility index (Phi) is 6.74. The van der Waals surface area contributed by atoms with Crippen LogP contribution in [0.4, 0.5) is 0 Å². The quantitative estimate of drug-likeness (QED) is 0.777. The van der Waals surface area contributed by atoms with Crippen LogP contribution in [0.5, 0.6) is 0 Å². The lowest BCUT2D eigenvalue weighted by atomic mass is 9.85. The lowest BCUT2D eigenvalue weighted by Gasteiger charge is -2.21. The van der Waals surface area contributed by atoms with Crippen molar-refractivity contribution in [2.75, 3.05) is 0 Å². The molecule has 2 N–H and O–H groups in total. The van der Waals surface area contributed by atoms with E-state index in [1.165, 1.54) is 32.1 Å². The van der Waals surface area contributed by atoms with E-state index in [4.69, 9.17) is 10.5 Å². The molecule has 2 rings (SSSR count). The second-order valence-corrected chi connectivity index (χ2v) is 5.90. The van der Waals surface area contributed by atoms with Crippen molar-refractivity contribution in [1.82, 2.24) is 0 Å². The van der Waals surface area contributed by atoms with Gasteiger partial charge in [-0.05, 0) is 37.2 Å². The molecule has 1 aliphatic carbocycles. The maximum atomic E-state index is 11.8. The molecule has 1 aromatic rings. The average molecular weight is 288 g/mol. The van der Waals surface area contributed by atoms with E-state index in [2.05, 4.69) is 0 Å². The third kappa shape index (κ3) is 5.88. The molecule has 0 spiro atoms. The van der Waals surface area contributed by atoms with Crippen LogP contribution in [0.2, 0.25) is 0 Å². The molecule has 0 heterocycles. The number of rotatable bonds is 7. The molecule has 21 heavy (non-hydrogen) atoms. The second kappa shape index (κ2) is 8.83. The van der Waals surface area contributed by atoms with Crippen molar-refractivity contribution in [1.29, 1.82) is 0 Å². The van der Waals surface area contributed by atoms with Gasteiger partial charge in [0.2, 0.25) is 0 Å². The van der Waals surface area contributed by atoms with Crippen molar-refractivity contribution in [3.8, 4) is 0 Å². The molecule has 115 valence electrons. The molecule has 0 aromatic heterocycles. The van der Waals surface area contributed by atoms with Crippen molar-refractivity contribution >= 4 is 5.97 Å². The van der Waals surface area contributed by atoms with E-state index in [0.717, 1.165) is 24.8 Å². The maximum Gasteiger partial charge on any atom is 0.323 e. The number of nitrogens with two attached hydrogens (primary N) is 1. The molecule has 1 saturated carbocycles. The van der Waals surface area contributed by atoms with E-state index in [1.54, 1.807) is 5.92 Å². The predicted molar refractivity (Wildman–Crippen MR) is 84.4 cm³/mol. The summed E-state index contributed by atoms with van der Waals surface area (Å²) in [7, 11) is 0. The summed E-state index contributed by atoms with van der Waals surface area (Å²) in [6.45, 7) is 0.310. The summed E-state index contributed by atoms with van der Waals surface area (Å²) in [5.41, 5.74) is 6.91. The van der Waals surface area contributed by atoms with Gasteiger partial charge in [0.25, 0.3) is 0 Å². The number of benzene rings is 1. The highest BCUT2D eigenvalue weighted by molar-refractivity contribution is 5.75. The minimum atomic E-state index is -0.488. The lowest BCUT2D eigenvalue weighted by molar-refractivity contribution is -0.146. The molecule has 0 saturated heterocycles. The third-order valence-electron chi connectivity index (χ3n) is 4.13. The molecule has 0 amide bonds. The first-order valence-electron chi connectivity index (χ1n) is 8.05. The fourth-order valence-corrected chi connectivity index (χ4v) is 2.83. The second-order valence-electron chi connectivity index (χ2n) is 5.90. The van der Waals surface area contributed by atoms with E-state index in [9.17, 15) is 4.79 Å². The third-order valence-corrected chi connectivity index (χ3v) is 4.13. The van der Waals surface area contributed by atoms with Gasteiger partial charge in [-0.2, -0.15) is 0 Å². The molecule has 1 atom stereocenters. The molecule has 0 bridgehead atoms. The topological polar surface area (TPSA) is 52.3 Å². The monoisotopic (exact) mass is 288 g/mol. The number of hydrogen-bond acceptors (Lipinski definition) is 3. The van der Waals surface area contributed by atoms with E-state index in [-0.39, 0.29) is 5.97 Å². The van der Waals surface area contributed by atoms with Crippen LogP contribution in [-0.2, 0) is 16.1 Å². The van der Waals surface area contributed by atoms with Gasteiger partial charge in [-0.1, -0.05) is 56.0 Å². The average Bonchev–Trinajstić information content (AvgIpc) is 2.54. The van der Waals surface area contributed by atoms with Crippen molar-refractivity contribution in [3.05, 3.63) is 41.8 Å². The summed E-state index contributed by atoms with van der Waals surface area (Å²) in [6, 6.07) is 9.21. The minimum Gasteiger partial charge on any atom is -0.460 e. The molecule has 1 aliphatic rings. The van der Waals surface area contributed by atoms with Crippen molar-refractivity contribution in [2.24, 2.45) is 5.73 Å². The fourth-order valence-electron chi connectivity index (χ4n) is 2.83.